The van der Waals surface area contributed by atoms with Crippen LogP contribution in [0, 0.1) is 0 Å². The maximum atomic E-state index is 6.32. The Morgan fingerprint density at radius 3 is 3.25 bits per heavy atom. The lowest BCUT2D eigenvalue weighted by Gasteiger charge is -1.61. The molecule has 1 unspecified atom stereocenters. The molecule has 0 amide bonds. The second kappa shape index (κ2) is 3.10. The first-order chi connectivity index (χ1) is 2.41. The van der Waals surface area contributed by atoms with Crippen molar-refractivity contribution >= 4 is 15.4 Å². The molecule has 24 valence electrons. The molecule has 2 heteroatoms. The molecular weight excluding hydrogens is 69.0 g/mol. The van der Waals surface area contributed by atoms with E-state index in [1.807, 2.05) is 6.66 Å². The molecule has 0 aromatic rings. The van der Waals surface area contributed by atoms with E-state index in [9.17, 15) is 0 Å². The summed E-state index contributed by atoms with van der Waals surface area (Å²) in [5, 5.41) is 0. The SMILES string of the molecule is [3H]C=NPC. The highest BCUT2D eigenvalue weighted by molar-refractivity contribution is 7.35. The van der Waals surface area contributed by atoms with Crippen molar-refractivity contribution in [2.24, 2.45) is 4.76 Å². The molecule has 0 saturated heterocycles. The molecule has 1 atom stereocenters. The second-order valence-electron chi connectivity index (χ2n) is 0.353. The van der Waals surface area contributed by atoms with Crippen LogP contribution in [-0.2, 0) is 0 Å². The molecule has 0 spiro atoms. The molecule has 1 nitrogen and oxygen atoms in total. The molecule has 0 bridgehead atoms. The maximum Gasteiger partial charge on any atom is 0.0752 e. The molecular formula is C2H6NP. The summed E-state index contributed by atoms with van der Waals surface area (Å²) in [7, 11) is 0.540. The van der Waals surface area contributed by atoms with Crippen molar-refractivity contribution in [3.63, 3.8) is 0 Å². The van der Waals surface area contributed by atoms with Gasteiger partial charge in [0.1, 0.15) is 0 Å². The molecule has 0 rings (SSSR count). The largest absolute Gasteiger partial charge is 0.281 e. The van der Waals surface area contributed by atoms with Crippen molar-refractivity contribution < 1.29 is 1.37 Å². The second-order valence-corrected chi connectivity index (χ2v) is 1.06. The van der Waals surface area contributed by atoms with Gasteiger partial charge in [0.2, 0.25) is 0 Å². The highest BCUT2D eigenvalue weighted by atomic mass is 31.1. The van der Waals surface area contributed by atoms with E-state index in [1.54, 1.807) is 0 Å². The fraction of sp³-hybridized carbons (Fsp3) is 0.500. The van der Waals surface area contributed by atoms with Gasteiger partial charge in [-0.2, -0.15) is 0 Å². The van der Waals surface area contributed by atoms with Crippen LogP contribution in [0.3, 0.4) is 0 Å². The minimum absolute atomic E-state index is 0.540. The molecule has 0 N–H and O–H groups in total. The molecule has 0 aromatic carbocycles. The van der Waals surface area contributed by atoms with E-state index in [1.165, 1.54) is 0 Å². The van der Waals surface area contributed by atoms with Gasteiger partial charge in [0.15, 0.2) is 0 Å². The van der Waals surface area contributed by atoms with Gasteiger partial charge in [-0.3, -0.25) is 4.76 Å². The van der Waals surface area contributed by atoms with Crippen molar-refractivity contribution in [2.45, 2.75) is 0 Å². The molecule has 0 aromatic heterocycles. The summed E-state index contributed by atoms with van der Waals surface area (Å²) in [5.41, 5.74) is 0. The minimum atomic E-state index is 0.540. The Balaban J connectivity index is 2.62. The van der Waals surface area contributed by atoms with Gasteiger partial charge < -0.3 is 0 Å². The number of nitrogens with zero attached hydrogens (tertiary/aromatic N) is 1. The lowest BCUT2D eigenvalue weighted by atomic mass is 11.8. The van der Waals surface area contributed by atoms with E-state index in [2.05, 4.69) is 4.76 Å². The van der Waals surface area contributed by atoms with Gasteiger partial charge in [0.05, 0.1) is 1.37 Å². The first-order valence-corrected chi connectivity index (χ1v) is 2.43. The predicted molar refractivity (Wildman–Crippen MR) is 23.8 cm³/mol. The van der Waals surface area contributed by atoms with Crippen LogP contribution < -0.4 is 0 Å². The topological polar surface area (TPSA) is 12.4 Å². The van der Waals surface area contributed by atoms with Gasteiger partial charge >= 0.3 is 0 Å². The average molecular weight is 77.1 g/mol. The van der Waals surface area contributed by atoms with Crippen molar-refractivity contribution in [3.8, 4) is 0 Å². The third-order valence-electron chi connectivity index (χ3n) is 0.129. The van der Waals surface area contributed by atoms with E-state index >= 15 is 0 Å². The van der Waals surface area contributed by atoms with Crippen LogP contribution in [0.1, 0.15) is 1.37 Å². The molecule has 4 heavy (non-hydrogen) atoms. The Labute approximate surface area is 29.4 Å². The summed E-state index contributed by atoms with van der Waals surface area (Å²) in [6, 6.07) is 0. The zero-order valence-electron chi connectivity index (χ0n) is 3.52. The Bertz CT molecular complexity index is 36.6. The summed E-state index contributed by atoms with van der Waals surface area (Å²) in [6.45, 7) is 2.99. The molecule has 0 radical (unpaired) electrons. The highest BCUT2D eigenvalue weighted by Crippen LogP contribution is 1.97. The lowest BCUT2D eigenvalue weighted by molar-refractivity contribution is 1.99. The third-order valence-corrected chi connectivity index (χ3v) is 0.387. The molecule has 0 aliphatic carbocycles. The van der Waals surface area contributed by atoms with Crippen molar-refractivity contribution in [1.82, 2.24) is 0 Å². The van der Waals surface area contributed by atoms with E-state index in [-0.39, 0.29) is 0 Å². The summed E-state index contributed by atoms with van der Waals surface area (Å²) < 4.78 is 9.86. The van der Waals surface area contributed by atoms with Gasteiger partial charge in [0.25, 0.3) is 0 Å². The zero-order chi connectivity index (χ0) is 4.12. The average Bonchev–Trinajstić information content (AvgIpc) is 1.41. The summed E-state index contributed by atoms with van der Waals surface area (Å²) >= 11 is 0. The predicted octanol–water partition coefficient (Wildman–Crippen LogP) is 0.910. The van der Waals surface area contributed by atoms with Crippen LogP contribution >= 0.6 is 8.73 Å². The maximum absolute atomic E-state index is 6.32. The normalized spacial score (nSPS) is 15.8. The van der Waals surface area contributed by atoms with Crippen LogP contribution in [0.15, 0.2) is 4.76 Å². The van der Waals surface area contributed by atoms with Gasteiger partial charge in [-0.15, -0.1) is 0 Å². The monoisotopic (exact) mass is 77.0 g/mol. The van der Waals surface area contributed by atoms with Crippen molar-refractivity contribution in [3.05, 3.63) is 0 Å². The Morgan fingerprint density at radius 1 is 2.50 bits per heavy atom. The van der Waals surface area contributed by atoms with E-state index in [0.717, 1.165) is 6.69 Å². The fourth-order valence-electron chi connectivity index (χ4n) is 0. The lowest BCUT2D eigenvalue weighted by Crippen LogP contribution is -1.23. The number of hydrogen-bond acceptors (Lipinski definition) is 1. The molecule has 0 heterocycles. The Hall–Kier alpha value is 0.100. The van der Waals surface area contributed by atoms with Crippen LogP contribution in [-0.4, -0.2) is 13.4 Å². The molecule has 0 aliphatic rings. The molecule has 0 fully saturated rings. The van der Waals surface area contributed by atoms with Gasteiger partial charge in [0, 0.05) is 0 Å². The summed E-state index contributed by atoms with van der Waals surface area (Å²) in [5.74, 6) is 0. The van der Waals surface area contributed by atoms with Gasteiger partial charge in [-0.25, -0.2) is 0 Å². The van der Waals surface area contributed by atoms with Crippen molar-refractivity contribution in [1.29, 1.82) is 0 Å². The van der Waals surface area contributed by atoms with E-state index < -0.39 is 0 Å². The zero-order valence-corrected chi connectivity index (χ0v) is 3.52. The first kappa shape index (κ1) is 2.34. The number of hydrogen-bond donors (Lipinski definition) is 0. The molecule has 0 saturated carbocycles. The highest BCUT2D eigenvalue weighted by Gasteiger charge is 1.42. The minimum Gasteiger partial charge on any atom is -0.281 e. The summed E-state index contributed by atoms with van der Waals surface area (Å²) in [6.07, 6.45) is 0. The van der Waals surface area contributed by atoms with Crippen LogP contribution in [0.25, 0.3) is 0 Å². The Morgan fingerprint density at radius 2 is 3.25 bits per heavy atom. The Kier molecular flexibility index (Phi) is 1.82. The number of rotatable bonds is 1. The van der Waals surface area contributed by atoms with Crippen LogP contribution in [0.5, 0.6) is 0 Å². The van der Waals surface area contributed by atoms with E-state index in [4.69, 9.17) is 1.37 Å². The van der Waals surface area contributed by atoms with E-state index in [0.29, 0.717) is 8.73 Å². The van der Waals surface area contributed by atoms with Gasteiger partial charge in [-0.05, 0) is 22.1 Å². The summed E-state index contributed by atoms with van der Waals surface area (Å²) in [4.78, 5) is 0. The van der Waals surface area contributed by atoms with Crippen LogP contribution in [0.4, 0.5) is 0 Å². The smallest absolute Gasteiger partial charge is 0.0752 e. The third kappa shape index (κ3) is 2.10. The quantitative estimate of drug-likeness (QED) is 0.326. The first-order valence-electron chi connectivity index (χ1n) is 1.56. The van der Waals surface area contributed by atoms with Crippen LogP contribution in [0.2, 0.25) is 0 Å². The fourth-order valence-corrected chi connectivity index (χ4v) is 0. The molecule has 0 aliphatic heterocycles. The van der Waals surface area contributed by atoms with Gasteiger partial charge in [-0.1, -0.05) is 0 Å². The standard InChI is InChI=1S/C2H6NP/c1-3-4-2/h4H,1H2,2H3/i1T. The van der Waals surface area contributed by atoms with Crippen molar-refractivity contribution in [2.75, 3.05) is 6.66 Å².